The van der Waals surface area contributed by atoms with Gasteiger partial charge in [0.25, 0.3) is 0 Å². The summed E-state index contributed by atoms with van der Waals surface area (Å²) in [6, 6.07) is 0. The molecule has 10 heavy (non-hydrogen) atoms. The van der Waals surface area contributed by atoms with Crippen molar-refractivity contribution in [2.45, 2.75) is 0 Å². The zero-order valence-electron chi connectivity index (χ0n) is 5.98. The van der Waals surface area contributed by atoms with Crippen molar-refractivity contribution in [1.29, 1.82) is 0 Å². The third-order valence-corrected chi connectivity index (χ3v) is 1.25. The summed E-state index contributed by atoms with van der Waals surface area (Å²) >= 11 is 0. The molecule has 1 saturated heterocycles. The van der Waals surface area contributed by atoms with Crippen LogP contribution in [-0.4, -0.2) is 26.3 Å². The van der Waals surface area contributed by atoms with Crippen LogP contribution in [0.3, 0.4) is 0 Å². The Bertz CT molecular complexity index is 84.3. The predicted octanol–water partition coefficient (Wildman–Crippen LogP) is -1.26. The molecule has 0 spiro atoms. The summed E-state index contributed by atoms with van der Waals surface area (Å²) in [6.45, 7) is 4.24. The van der Waals surface area contributed by atoms with Gasteiger partial charge in [0, 0.05) is 32.5 Å². The van der Waals surface area contributed by atoms with E-state index in [4.69, 9.17) is 0 Å². The fraction of sp³-hybridized carbons (Fsp3) is 0.667. The molecule has 0 amide bonds. The topological polar surface area (TPSA) is 48.1 Å². The summed E-state index contributed by atoms with van der Waals surface area (Å²) < 4.78 is 0. The number of rotatable bonds is 0. The van der Waals surface area contributed by atoms with Gasteiger partial charge in [0.2, 0.25) is 0 Å². The third kappa shape index (κ3) is 3.45. The van der Waals surface area contributed by atoms with E-state index >= 15 is 0 Å². The molecule has 58 valence electrons. The summed E-state index contributed by atoms with van der Waals surface area (Å²) in [7, 11) is 0. The molecule has 1 fully saturated rings. The molecule has 0 aromatic rings. The fourth-order valence-corrected chi connectivity index (χ4v) is 0.737. The van der Waals surface area contributed by atoms with Crippen LogP contribution in [0.2, 0.25) is 0 Å². The zero-order valence-corrected chi connectivity index (χ0v) is 5.98. The van der Waals surface area contributed by atoms with Crippen molar-refractivity contribution < 1.29 is 0 Å². The molecule has 4 nitrogen and oxygen atoms in total. The second-order valence-electron chi connectivity index (χ2n) is 2.10. The quantitative estimate of drug-likeness (QED) is 0.341. The van der Waals surface area contributed by atoms with Gasteiger partial charge in [-0.05, 0) is 0 Å². The van der Waals surface area contributed by atoms with Gasteiger partial charge in [-0.3, -0.25) is 0 Å². The molecule has 0 aromatic heterocycles. The van der Waals surface area contributed by atoms with Crippen LogP contribution in [0, 0.1) is 0 Å². The minimum atomic E-state index is 0.958. The Morgan fingerprint density at radius 2 is 1.90 bits per heavy atom. The van der Waals surface area contributed by atoms with E-state index in [1.165, 1.54) is 0 Å². The van der Waals surface area contributed by atoms with Crippen molar-refractivity contribution in [3.63, 3.8) is 0 Å². The van der Waals surface area contributed by atoms with Crippen LogP contribution in [0.5, 0.6) is 0 Å². The highest BCUT2D eigenvalue weighted by atomic mass is 15.4. The summed E-state index contributed by atoms with van der Waals surface area (Å²) in [5.41, 5.74) is 5.65. The Morgan fingerprint density at radius 1 is 1.10 bits per heavy atom. The van der Waals surface area contributed by atoms with Crippen molar-refractivity contribution in [3.8, 4) is 0 Å². The minimum absolute atomic E-state index is 0.958. The van der Waals surface area contributed by atoms with Gasteiger partial charge in [-0.1, -0.05) is 6.08 Å². The molecular formula is C6H14N4. The van der Waals surface area contributed by atoms with E-state index in [-0.39, 0.29) is 0 Å². The maximum Gasteiger partial charge on any atom is 0.0455 e. The van der Waals surface area contributed by atoms with Crippen LogP contribution in [0.25, 0.3) is 0 Å². The average molecular weight is 142 g/mol. The third-order valence-electron chi connectivity index (χ3n) is 1.25. The Hall–Kier alpha value is -0.580. The van der Waals surface area contributed by atoms with Gasteiger partial charge in [0.1, 0.15) is 0 Å². The number of hydrazine groups is 1. The molecule has 0 bridgehead atoms. The number of hydrogen-bond acceptors (Lipinski definition) is 4. The normalized spacial score (nSPS) is 21.6. The molecule has 0 aliphatic carbocycles. The maximum absolute atomic E-state index is 3.11. The predicted molar refractivity (Wildman–Crippen MR) is 41.2 cm³/mol. The van der Waals surface area contributed by atoms with Crippen molar-refractivity contribution >= 4 is 0 Å². The van der Waals surface area contributed by atoms with Gasteiger partial charge < -0.3 is 16.1 Å². The molecule has 4 heteroatoms. The van der Waals surface area contributed by atoms with Gasteiger partial charge in [-0.15, -0.1) is 0 Å². The average Bonchev–Trinajstić information content (AvgIpc) is 2.67. The van der Waals surface area contributed by atoms with Gasteiger partial charge >= 0.3 is 0 Å². The monoisotopic (exact) mass is 142 g/mol. The lowest BCUT2D eigenvalue weighted by atomic mass is 10.7. The Balaban J connectivity index is 0.0000001000. The summed E-state index contributed by atoms with van der Waals surface area (Å²) in [5, 5.41) is 6.22. The largest absolute Gasteiger partial charge is 0.329 e. The van der Waals surface area contributed by atoms with Crippen molar-refractivity contribution in [2.75, 3.05) is 26.3 Å². The van der Waals surface area contributed by atoms with Crippen LogP contribution < -0.4 is 21.5 Å². The first kappa shape index (κ1) is 7.53. The van der Waals surface area contributed by atoms with Crippen LogP contribution in [-0.2, 0) is 0 Å². The highest BCUT2D eigenvalue weighted by Gasteiger charge is 1.90. The standard InChI is InChI=1S/C3H8N2.C3H6N2/c1-2-5-3-4-1;1-2-4-5-3-1/h4-5H,1-3H2;1-2,4-5H,3H2. The van der Waals surface area contributed by atoms with Crippen molar-refractivity contribution in [1.82, 2.24) is 21.5 Å². The smallest absolute Gasteiger partial charge is 0.0455 e. The summed E-state index contributed by atoms with van der Waals surface area (Å²) in [6.07, 6.45) is 3.89. The molecule has 2 aliphatic rings. The maximum atomic E-state index is 3.11. The molecule has 0 saturated carbocycles. The van der Waals surface area contributed by atoms with Gasteiger partial charge in [0.05, 0.1) is 0 Å². The molecule has 2 rings (SSSR count). The molecule has 0 atom stereocenters. The SMILES string of the molecule is C1=CNNC1.C1CNCN1. The molecule has 0 aromatic carbocycles. The van der Waals surface area contributed by atoms with E-state index in [9.17, 15) is 0 Å². The number of hydrogen-bond donors (Lipinski definition) is 4. The van der Waals surface area contributed by atoms with Crippen LogP contribution in [0.15, 0.2) is 12.3 Å². The van der Waals surface area contributed by atoms with Crippen LogP contribution in [0.4, 0.5) is 0 Å². The molecule has 2 heterocycles. The molecular weight excluding hydrogens is 128 g/mol. The lowest BCUT2D eigenvalue weighted by Crippen LogP contribution is -2.19. The van der Waals surface area contributed by atoms with E-state index in [0.717, 1.165) is 26.3 Å². The van der Waals surface area contributed by atoms with E-state index in [0.29, 0.717) is 0 Å². The second kappa shape index (κ2) is 5.22. The van der Waals surface area contributed by atoms with E-state index in [1.807, 2.05) is 12.3 Å². The molecule has 2 aliphatic heterocycles. The molecule has 0 unspecified atom stereocenters. The van der Waals surface area contributed by atoms with Crippen LogP contribution >= 0.6 is 0 Å². The Morgan fingerprint density at radius 3 is 2.10 bits per heavy atom. The van der Waals surface area contributed by atoms with E-state index in [2.05, 4.69) is 21.5 Å². The van der Waals surface area contributed by atoms with Crippen LogP contribution in [0.1, 0.15) is 0 Å². The molecule has 0 radical (unpaired) electrons. The first-order valence-corrected chi connectivity index (χ1v) is 3.55. The fourth-order valence-electron chi connectivity index (χ4n) is 0.737. The molecule has 4 N–H and O–H groups in total. The van der Waals surface area contributed by atoms with E-state index in [1.54, 1.807) is 0 Å². The Kier molecular flexibility index (Phi) is 3.93. The zero-order chi connectivity index (χ0) is 7.07. The summed E-state index contributed by atoms with van der Waals surface area (Å²) in [4.78, 5) is 0. The second-order valence-corrected chi connectivity index (χ2v) is 2.10. The Labute approximate surface area is 61.0 Å². The van der Waals surface area contributed by atoms with Gasteiger partial charge in [0.15, 0.2) is 0 Å². The first-order chi connectivity index (χ1) is 5.00. The van der Waals surface area contributed by atoms with Crippen molar-refractivity contribution in [2.24, 2.45) is 0 Å². The lowest BCUT2D eigenvalue weighted by molar-refractivity contribution is 0.727. The van der Waals surface area contributed by atoms with Gasteiger partial charge in [-0.25, -0.2) is 5.43 Å². The van der Waals surface area contributed by atoms with E-state index < -0.39 is 0 Å². The minimum Gasteiger partial charge on any atom is -0.329 e. The number of nitrogens with one attached hydrogen (secondary N) is 4. The highest BCUT2D eigenvalue weighted by molar-refractivity contribution is 4.85. The van der Waals surface area contributed by atoms with Crippen molar-refractivity contribution in [3.05, 3.63) is 12.3 Å². The first-order valence-electron chi connectivity index (χ1n) is 3.55. The van der Waals surface area contributed by atoms with Gasteiger partial charge in [-0.2, -0.15) is 0 Å². The lowest BCUT2D eigenvalue weighted by Gasteiger charge is -1.83. The summed E-state index contributed by atoms with van der Waals surface area (Å²) in [5.74, 6) is 0. The highest BCUT2D eigenvalue weighted by Crippen LogP contribution is 1.67.